The molecule has 33 heavy (non-hydrogen) atoms. The maximum atomic E-state index is 13.1. The van der Waals surface area contributed by atoms with Crippen LogP contribution >= 0.6 is 0 Å². The lowest BCUT2D eigenvalue weighted by Crippen LogP contribution is -2.55. The van der Waals surface area contributed by atoms with Gasteiger partial charge in [0.05, 0.1) is 25.9 Å². The number of hydrogen-bond acceptors (Lipinski definition) is 7. The zero-order valence-electron chi connectivity index (χ0n) is 19.1. The fourth-order valence-electron chi connectivity index (χ4n) is 4.53. The van der Waals surface area contributed by atoms with Crippen molar-refractivity contribution in [3.8, 4) is 11.5 Å². The minimum absolute atomic E-state index is 0.0250. The number of rotatable bonds is 7. The number of nitrogens with zero attached hydrogens (tertiary/aromatic N) is 2. The summed E-state index contributed by atoms with van der Waals surface area (Å²) in [5, 5.41) is 22.4. The molecular formula is C25H33FN2O5. The van der Waals surface area contributed by atoms with Crippen molar-refractivity contribution in [2.45, 2.75) is 24.0 Å². The Bertz CT molecular complexity index is 904. The molecule has 0 spiro atoms. The normalized spacial score (nSPS) is 23.7. The van der Waals surface area contributed by atoms with E-state index in [-0.39, 0.29) is 19.0 Å². The van der Waals surface area contributed by atoms with Crippen molar-refractivity contribution in [3.05, 3.63) is 54.3 Å². The maximum absolute atomic E-state index is 13.1. The number of benzene rings is 2. The quantitative estimate of drug-likeness (QED) is 0.657. The van der Waals surface area contributed by atoms with Crippen molar-refractivity contribution in [3.63, 3.8) is 0 Å². The third kappa shape index (κ3) is 6.35. The molecule has 2 heterocycles. The Hall–Kier alpha value is -2.39. The van der Waals surface area contributed by atoms with Crippen LogP contribution in [-0.2, 0) is 4.74 Å². The zero-order chi connectivity index (χ0) is 23.3. The molecule has 0 aliphatic carbocycles. The number of ether oxygens (including phenoxy) is 3. The molecule has 2 N–H and O–H groups in total. The Morgan fingerprint density at radius 3 is 2.48 bits per heavy atom. The molecule has 2 aromatic carbocycles. The largest absolute Gasteiger partial charge is 0.497 e. The number of β-amino-alcohol motifs (C(OH)–C–C–N with tert-alkyl or cyclic N) is 2. The second kappa shape index (κ2) is 10.3. The van der Waals surface area contributed by atoms with Crippen molar-refractivity contribution in [1.82, 2.24) is 4.90 Å². The van der Waals surface area contributed by atoms with Gasteiger partial charge in [0.25, 0.3) is 0 Å². The van der Waals surface area contributed by atoms with Crippen molar-refractivity contribution >= 4 is 5.69 Å². The highest BCUT2D eigenvalue weighted by Gasteiger charge is 2.39. The van der Waals surface area contributed by atoms with Crippen molar-refractivity contribution in [1.29, 1.82) is 0 Å². The molecule has 0 amide bonds. The molecule has 2 saturated heterocycles. The van der Waals surface area contributed by atoms with Crippen molar-refractivity contribution in [2.75, 3.05) is 64.6 Å². The molecule has 0 aromatic heterocycles. The summed E-state index contributed by atoms with van der Waals surface area (Å²) in [6, 6.07) is 13.7. The van der Waals surface area contributed by atoms with E-state index in [1.54, 1.807) is 7.11 Å². The summed E-state index contributed by atoms with van der Waals surface area (Å²) < 4.78 is 29.8. The number of anilines is 1. The van der Waals surface area contributed by atoms with Gasteiger partial charge in [-0.3, -0.25) is 4.90 Å². The first kappa shape index (κ1) is 23.8. The van der Waals surface area contributed by atoms with E-state index >= 15 is 0 Å². The summed E-state index contributed by atoms with van der Waals surface area (Å²) in [4.78, 5) is 4.32. The van der Waals surface area contributed by atoms with Crippen LogP contribution < -0.4 is 14.4 Å². The van der Waals surface area contributed by atoms with Crippen molar-refractivity contribution in [2.24, 2.45) is 0 Å². The minimum Gasteiger partial charge on any atom is -0.497 e. The van der Waals surface area contributed by atoms with E-state index in [9.17, 15) is 14.6 Å². The third-order valence-electron chi connectivity index (χ3n) is 6.39. The number of aliphatic hydroxyl groups is 2. The second-order valence-electron chi connectivity index (χ2n) is 9.14. The fourth-order valence-corrected chi connectivity index (χ4v) is 4.53. The monoisotopic (exact) mass is 460 g/mol. The summed E-state index contributed by atoms with van der Waals surface area (Å²) in [5.74, 6) is 0.972. The molecule has 0 saturated carbocycles. The molecule has 2 aliphatic heterocycles. The van der Waals surface area contributed by atoms with Gasteiger partial charge in [0.1, 0.15) is 29.5 Å². The Labute approximate surface area is 194 Å². The van der Waals surface area contributed by atoms with E-state index in [0.717, 1.165) is 24.5 Å². The molecule has 1 atom stereocenters. The second-order valence-corrected chi connectivity index (χ2v) is 9.14. The molecular weight excluding hydrogens is 427 g/mol. The molecule has 180 valence electrons. The van der Waals surface area contributed by atoms with Crippen LogP contribution in [0.1, 0.15) is 12.8 Å². The molecule has 4 rings (SSSR count). The summed E-state index contributed by atoms with van der Waals surface area (Å²) in [6.45, 7) is 3.55. The van der Waals surface area contributed by atoms with Gasteiger partial charge in [-0.2, -0.15) is 0 Å². The van der Waals surface area contributed by atoms with Gasteiger partial charge in [-0.15, -0.1) is 0 Å². The topological polar surface area (TPSA) is 74.6 Å². The highest BCUT2D eigenvalue weighted by Crippen LogP contribution is 2.30. The van der Waals surface area contributed by atoms with Gasteiger partial charge in [0.15, 0.2) is 0 Å². The first-order valence-corrected chi connectivity index (χ1v) is 11.4. The summed E-state index contributed by atoms with van der Waals surface area (Å²) in [6.07, 6.45) is 1.26. The van der Waals surface area contributed by atoms with Crippen LogP contribution in [0.25, 0.3) is 0 Å². The summed E-state index contributed by atoms with van der Waals surface area (Å²) >= 11 is 0. The molecule has 2 aliphatic rings. The van der Waals surface area contributed by atoms with E-state index in [1.165, 1.54) is 24.3 Å². The molecule has 7 nitrogen and oxygen atoms in total. The Morgan fingerprint density at radius 2 is 1.76 bits per heavy atom. The molecule has 8 heteroatoms. The van der Waals surface area contributed by atoms with Crippen LogP contribution in [0.5, 0.6) is 11.5 Å². The Balaban J connectivity index is 1.33. The lowest BCUT2D eigenvalue weighted by molar-refractivity contribution is -0.0742. The van der Waals surface area contributed by atoms with Crippen LogP contribution in [0.15, 0.2) is 48.5 Å². The SMILES string of the molecule is COc1cccc(N2CCC(O)(CN3CCOC[C@](O)(COc4ccc(F)cc4)C3)CC2)c1. The average Bonchev–Trinajstić information content (AvgIpc) is 3.00. The number of halogens is 1. The number of methoxy groups -OCH3 is 1. The summed E-state index contributed by atoms with van der Waals surface area (Å²) in [5.41, 5.74) is -0.965. The van der Waals surface area contributed by atoms with Gasteiger partial charge >= 0.3 is 0 Å². The highest BCUT2D eigenvalue weighted by molar-refractivity contribution is 5.51. The third-order valence-corrected chi connectivity index (χ3v) is 6.39. The first-order valence-electron chi connectivity index (χ1n) is 11.4. The van der Waals surface area contributed by atoms with Gasteiger partial charge in [-0.1, -0.05) is 6.07 Å². The van der Waals surface area contributed by atoms with E-state index < -0.39 is 11.2 Å². The van der Waals surface area contributed by atoms with Gasteiger partial charge in [0, 0.05) is 44.5 Å². The van der Waals surface area contributed by atoms with Crippen LogP contribution in [-0.4, -0.2) is 86.0 Å². The standard InChI is InChI=1S/C25H33FN2O5/c1-31-23-4-2-3-21(15-23)28-11-9-24(29,10-12-28)16-27-13-14-32-18-25(30,17-27)19-33-22-7-5-20(26)6-8-22/h2-8,15,29-30H,9-14,16-19H2,1H3/t25-/m0/s1. The zero-order valence-corrected chi connectivity index (χ0v) is 19.1. The highest BCUT2D eigenvalue weighted by atomic mass is 19.1. The van der Waals surface area contributed by atoms with Crippen LogP contribution in [0.4, 0.5) is 10.1 Å². The maximum Gasteiger partial charge on any atom is 0.134 e. The van der Waals surface area contributed by atoms with Crippen LogP contribution in [0.2, 0.25) is 0 Å². The predicted molar refractivity (Wildman–Crippen MR) is 123 cm³/mol. The van der Waals surface area contributed by atoms with E-state index in [4.69, 9.17) is 14.2 Å². The van der Waals surface area contributed by atoms with Crippen molar-refractivity contribution < 1.29 is 28.8 Å². The number of hydrogen-bond donors (Lipinski definition) is 2. The number of piperidine rings is 1. The lowest BCUT2D eigenvalue weighted by Gasteiger charge is -2.42. The van der Waals surface area contributed by atoms with Crippen LogP contribution in [0, 0.1) is 5.82 Å². The minimum atomic E-state index is -1.22. The Kier molecular flexibility index (Phi) is 7.38. The summed E-state index contributed by atoms with van der Waals surface area (Å²) in [7, 11) is 1.66. The first-order chi connectivity index (χ1) is 15.9. The molecule has 0 unspecified atom stereocenters. The lowest BCUT2D eigenvalue weighted by atomic mass is 9.90. The van der Waals surface area contributed by atoms with Crippen LogP contribution in [0.3, 0.4) is 0 Å². The smallest absolute Gasteiger partial charge is 0.134 e. The molecule has 0 bridgehead atoms. The van der Waals surface area contributed by atoms with E-state index in [0.29, 0.717) is 44.8 Å². The van der Waals surface area contributed by atoms with Gasteiger partial charge in [-0.05, 0) is 49.2 Å². The molecule has 2 fully saturated rings. The fraction of sp³-hybridized carbons (Fsp3) is 0.520. The van der Waals surface area contributed by atoms with Gasteiger partial charge < -0.3 is 29.3 Å². The van der Waals surface area contributed by atoms with Gasteiger partial charge in [-0.25, -0.2) is 4.39 Å². The van der Waals surface area contributed by atoms with E-state index in [2.05, 4.69) is 15.9 Å². The average molecular weight is 461 g/mol. The Morgan fingerprint density at radius 1 is 1.00 bits per heavy atom. The van der Waals surface area contributed by atoms with Gasteiger partial charge in [0.2, 0.25) is 0 Å². The predicted octanol–water partition coefficient (Wildman–Crippen LogP) is 2.31. The molecule has 2 aromatic rings. The molecule has 0 radical (unpaired) electrons. The van der Waals surface area contributed by atoms with E-state index in [1.807, 2.05) is 18.2 Å².